The van der Waals surface area contributed by atoms with E-state index in [-0.39, 0.29) is 5.97 Å². The zero-order valence-electron chi connectivity index (χ0n) is 12.8. The van der Waals surface area contributed by atoms with Crippen molar-refractivity contribution in [1.29, 1.82) is 0 Å². The molecule has 1 heterocycles. The number of rotatable bonds is 4. The molecule has 0 aromatic heterocycles. The molecule has 1 aliphatic rings. The van der Waals surface area contributed by atoms with E-state index in [2.05, 4.69) is 31.0 Å². The lowest BCUT2D eigenvalue weighted by atomic mass is 10.1. The smallest absolute Gasteiger partial charge is 0.337 e. The molecule has 1 aromatic carbocycles. The number of aryl methyl sites for hydroxylation is 1. The van der Waals surface area contributed by atoms with Crippen LogP contribution in [0.4, 0.5) is 5.69 Å². The molecular weight excluding hydrogens is 252 g/mol. The topological polar surface area (TPSA) is 41.6 Å². The maximum absolute atomic E-state index is 11.6. The molecule has 0 radical (unpaired) electrons. The lowest BCUT2D eigenvalue weighted by Crippen LogP contribution is -2.31. The Morgan fingerprint density at radius 3 is 2.80 bits per heavy atom. The molecule has 2 rings (SSSR count). The molecule has 4 heteroatoms. The van der Waals surface area contributed by atoms with Crippen LogP contribution in [-0.2, 0) is 4.74 Å². The number of carbonyl (C=O) groups excluding carboxylic acids is 1. The van der Waals surface area contributed by atoms with Crippen molar-refractivity contribution in [2.24, 2.45) is 0 Å². The summed E-state index contributed by atoms with van der Waals surface area (Å²) in [6.07, 6.45) is 1.14. The van der Waals surface area contributed by atoms with Crippen LogP contribution < -0.4 is 5.32 Å². The molecule has 110 valence electrons. The van der Waals surface area contributed by atoms with Crippen LogP contribution in [0, 0.1) is 6.92 Å². The Morgan fingerprint density at radius 2 is 2.20 bits per heavy atom. The number of hydrogen-bond acceptors (Lipinski definition) is 4. The summed E-state index contributed by atoms with van der Waals surface area (Å²) in [4.78, 5) is 14.1. The van der Waals surface area contributed by atoms with E-state index in [1.54, 1.807) is 6.07 Å². The lowest BCUT2D eigenvalue weighted by molar-refractivity contribution is 0.0601. The van der Waals surface area contributed by atoms with Gasteiger partial charge in [0, 0.05) is 30.9 Å². The number of esters is 1. The van der Waals surface area contributed by atoms with E-state index in [9.17, 15) is 4.79 Å². The second-order valence-electron chi connectivity index (χ2n) is 5.74. The first-order chi connectivity index (χ1) is 9.51. The van der Waals surface area contributed by atoms with Gasteiger partial charge in [-0.2, -0.15) is 0 Å². The molecule has 0 bridgehead atoms. The van der Waals surface area contributed by atoms with Gasteiger partial charge in [-0.1, -0.05) is 6.07 Å². The standard InChI is InChI=1S/C16H24N2O2/c1-11(2)18-8-7-14(10-18)17-15-9-13(16(19)20-4)6-5-12(15)3/h5-6,9,11,14,17H,7-8,10H2,1-4H3. The number of hydrogen-bond donors (Lipinski definition) is 1. The molecule has 0 aliphatic carbocycles. The van der Waals surface area contributed by atoms with Crippen LogP contribution in [0.1, 0.15) is 36.2 Å². The van der Waals surface area contributed by atoms with E-state index < -0.39 is 0 Å². The fourth-order valence-corrected chi connectivity index (χ4v) is 2.62. The number of anilines is 1. The van der Waals surface area contributed by atoms with E-state index in [0.717, 1.165) is 30.8 Å². The molecule has 1 aromatic rings. The molecule has 1 atom stereocenters. The number of nitrogens with zero attached hydrogens (tertiary/aromatic N) is 1. The number of methoxy groups -OCH3 is 1. The summed E-state index contributed by atoms with van der Waals surface area (Å²) in [5.41, 5.74) is 2.78. The number of carbonyl (C=O) groups is 1. The van der Waals surface area contributed by atoms with E-state index in [1.165, 1.54) is 7.11 Å². The Kier molecular flexibility index (Phi) is 4.65. The van der Waals surface area contributed by atoms with Gasteiger partial charge in [-0.25, -0.2) is 4.79 Å². The molecule has 1 fully saturated rings. The van der Waals surface area contributed by atoms with Crippen molar-refractivity contribution in [2.45, 2.75) is 39.3 Å². The van der Waals surface area contributed by atoms with Crippen molar-refractivity contribution in [3.8, 4) is 0 Å². The van der Waals surface area contributed by atoms with Gasteiger partial charge in [0.2, 0.25) is 0 Å². The average Bonchev–Trinajstić information content (AvgIpc) is 2.89. The molecule has 0 saturated carbocycles. The minimum Gasteiger partial charge on any atom is -0.465 e. The van der Waals surface area contributed by atoms with Gasteiger partial charge in [-0.05, 0) is 44.9 Å². The fourth-order valence-electron chi connectivity index (χ4n) is 2.62. The Hall–Kier alpha value is -1.55. The van der Waals surface area contributed by atoms with Crippen LogP contribution in [0.2, 0.25) is 0 Å². The van der Waals surface area contributed by atoms with Crippen molar-refractivity contribution in [3.63, 3.8) is 0 Å². The van der Waals surface area contributed by atoms with E-state index >= 15 is 0 Å². The van der Waals surface area contributed by atoms with Gasteiger partial charge in [0.1, 0.15) is 0 Å². The highest BCUT2D eigenvalue weighted by atomic mass is 16.5. The zero-order valence-corrected chi connectivity index (χ0v) is 12.8. The summed E-state index contributed by atoms with van der Waals surface area (Å²) in [7, 11) is 1.41. The summed E-state index contributed by atoms with van der Waals surface area (Å²) in [5, 5.41) is 3.56. The first-order valence-corrected chi connectivity index (χ1v) is 7.21. The number of benzene rings is 1. The summed E-state index contributed by atoms with van der Waals surface area (Å²) >= 11 is 0. The zero-order chi connectivity index (χ0) is 14.7. The summed E-state index contributed by atoms with van der Waals surface area (Å²) in [6.45, 7) is 8.69. The van der Waals surface area contributed by atoms with Crippen LogP contribution in [0.15, 0.2) is 18.2 Å². The third kappa shape index (κ3) is 3.31. The first kappa shape index (κ1) is 14.9. The quantitative estimate of drug-likeness (QED) is 0.859. The highest BCUT2D eigenvalue weighted by Gasteiger charge is 2.24. The van der Waals surface area contributed by atoms with Crippen molar-refractivity contribution < 1.29 is 9.53 Å². The molecule has 1 aliphatic heterocycles. The van der Waals surface area contributed by atoms with Crippen LogP contribution in [0.5, 0.6) is 0 Å². The van der Waals surface area contributed by atoms with Gasteiger partial charge >= 0.3 is 5.97 Å². The normalized spacial score (nSPS) is 19.4. The van der Waals surface area contributed by atoms with Crippen LogP contribution in [0.25, 0.3) is 0 Å². The monoisotopic (exact) mass is 276 g/mol. The molecule has 20 heavy (non-hydrogen) atoms. The van der Waals surface area contributed by atoms with Gasteiger partial charge in [-0.15, -0.1) is 0 Å². The second-order valence-corrected chi connectivity index (χ2v) is 5.74. The van der Waals surface area contributed by atoms with Gasteiger partial charge in [-0.3, -0.25) is 4.90 Å². The van der Waals surface area contributed by atoms with Crippen molar-refractivity contribution >= 4 is 11.7 Å². The van der Waals surface area contributed by atoms with Crippen LogP contribution >= 0.6 is 0 Å². The Balaban J connectivity index is 2.08. The SMILES string of the molecule is COC(=O)c1ccc(C)c(NC2CCN(C(C)C)C2)c1. The second kappa shape index (κ2) is 6.27. The predicted molar refractivity (Wildman–Crippen MR) is 81.3 cm³/mol. The molecule has 0 amide bonds. The average molecular weight is 276 g/mol. The summed E-state index contributed by atoms with van der Waals surface area (Å²) in [6, 6.07) is 6.69. The summed E-state index contributed by atoms with van der Waals surface area (Å²) in [5.74, 6) is -0.289. The maximum atomic E-state index is 11.6. The molecule has 4 nitrogen and oxygen atoms in total. The molecule has 0 spiro atoms. The van der Waals surface area contributed by atoms with Gasteiger partial charge < -0.3 is 10.1 Å². The van der Waals surface area contributed by atoms with Crippen molar-refractivity contribution in [2.75, 3.05) is 25.5 Å². The highest BCUT2D eigenvalue weighted by Crippen LogP contribution is 2.22. The van der Waals surface area contributed by atoms with E-state index in [0.29, 0.717) is 17.6 Å². The fraction of sp³-hybridized carbons (Fsp3) is 0.562. The minimum atomic E-state index is -0.289. The predicted octanol–water partition coefficient (Wildman–Crippen LogP) is 2.68. The van der Waals surface area contributed by atoms with Gasteiger partial charge in [0.15, 0.2) is 0 Å². The molecular formula is C16H24N2O2. The van der Waals surface area contributed by atoms with Crippen LogP contribution in [-0.4, -0.2) is 43.2 Å². The largest absolute Gasteiger partial charge is 0.465 e. The lowest BCUT2D eigenvalue weighted by Gasteiger charge is -2.21. The number of ether oxygens (including phenoxy) is 1. The first-order valence-electron chi connectivity index (χ1n) is 7.21. The Labute approximate surface area is 121 Å². The molecule has 1 saturated heterocycles. The Morgan fingerprint density at radius 1 is 1.45 bits per heavy atom. The van der Waals surface area contributed by atoms with E-state index in [4.69, 9.17) is 4.74 Å². The van der Waals surface area contributed by atoms with Gasteiger partial charge in [0.25, 0.3) is 0 Å². The highest BCUT2D eigenvalue weighted by molar-refractivity contribution is 5.90. The third-order valence-electron chi connectivity index (χ3n) is 3.97. The van der Waals surface area contributed by atoms with Gasteiger partial charge in [0.05, 0.1) is 12.7 Å². The Bertz CT molecular complexity index is 485. The van der Waals surface area contributed by atoms with Crippen molar-refractivity contribution in [3.05, 3.63) is 29.3 Å². The summed E-state index contributed by atoms with van der Waals surface area (Å²) < 4.78 is 4.77. The number of nitrogens with one attached hydrogen (secondary N) is 1. The third-order valence-corrected chi connectivity index (χ3v) is 3.97. The maximum Gasteiger partial charge on any atom is 0.337 e. The van der Waals surface area contributed by atoms with Crippen LogP contribution in [0.3, 0.4) is 0 Å². The molecule has 1 N–H and O–H groups in total. The van der Waals surface area contributed by atoms with Crippen molar-refractivity contribution in [1.82, 2.24) is 4.90 Å². The van der Waals surface area contributed by atoms with E-state index in [1.807, 2.05) is 12.1 Å². The minimum absolute atomic E-state index is 0.289. The number of likely N-dealkylation sites (tertiary alicyclic amines) is 1. The molecule has 1 unspecified atom stereocenters.